The highest BCUT2D eigenvalue weighted by Gasteiger charge is 2.37. The van der Waals surface area contributed by atoms with Gasteiger partial charge in [0.15, 0.2) is 0 Å². The summed E-state index contributed by atoms with van der Waals surface area (Å²) in [6, 6.07) is 8.74. The molecule has 2 fully saturated rings. The summed E-state index contributed by atoms with van der Waals surface area (Å²) in [5, 5.41) is 6.64. The molecule has 3 atom stereocenters. The fourth-order valence-electron chi connectivity index (χ4n) is 3.98. The number of aryl methyl sites for hydroxylation is 1. The van der Waals surface area contributed by atoms with Crippen molar-refractivity contribution in [2.45, 2.75) is 57.0 Å². The Balaban J connectivity index is 0.00000208. The summed E-state index contributed by atoms with van der Waals surface area (Å²) in [6.45, 7) is 0.740. The van der Waals surface area contributed by atoms with Crippen LogP contribution < -0.4 is 15.4 Å². The highest BCUT2D eigenvalue weighted by atomic mass is 35.5. The molecule has 1 aliphatic carbocycles. The molecule has 1 saturated heterocycles. The van der Waals surface area contributed by atoms with Crippen molar-refractivity contribution in [3.05, 3.63) is 29.8 Å². The first-order chi connectivity index (χ1) is 11.3. The molecule has 3 rings (SSSR count). The second-order valence-electron chi connectivity index (χ2n) is 6.85. The van der Waals surface area contributed by atoms with Gasteiger partial charge in [-0.15, -0.1) is 12.4 Å². The molecule has 1 aromatic rings. The summed E-state index contributed by atoms with van der Waals surface area (Å²) in [7, 11) is 1.69. The minimum atomic E-state index is 0. The van der Waals surface area contributed by atoms with E-state index in [9.17, 15) is 4.79 Å². The monoisotopic (exact) mass is 352 g/mol. The van der Waals surface area contributed by atoms with E-state index in [1.54, 1.807) is 7.11 Å². The normalized spacial score (nSPS) is 25.5. The molecule has 4 nitrogen and oxygen atoms in total. The number of halogens is 1. The minimum Gasteiger partial charge on any atom is -0.497 e. The molecule has 2 aliphatic rings. The lowest BCUT2D eigenvalue weighted by molar-refractivity contribution is -0.122. The Kier molecular flexibility index (Phi) is 7.38. The number of rotatable bonds is 6. The molecule has 2 N–H and O–H groups in total. The first-order valence-corrected chi connectivity index (χ1v) is 8.93. The van der Waals surface area contributed by atoms with E-state index in [-0.39, 0.29) is 24.4 Å². The molecule has 1 aromatic carbocycles. The van der Waals surface area contributed by atoms with E-state index in [4.69, 9.17) is 4.74 Å². The van der Waals surface area contributed by atoms with Gasteiger partial charge in [-0.3, -0.25) is 4.79 Å². The van der Waals surface area contributed by atoms with Crippen molar-refractivity contribution < 1.29 is 9.53 Å². The van der Waals surface area contributed by atoms with Crippen LogP contribution in [0.3, 0.4) is 0 Å². The van der Waals surface area contributed by atoms with Gasteiger partial charge in [0.1, 0.15) is 5.75 Å². The van der Waals surface area contributed by atoms with Gasteiger partial charge in [0, 0.05) is 12.6 Å². The van der Waals surface area contributed by atoms with Crippen molar-refractivity contribution >= 4 is 18.3 Å². The van der Waals surface area contributed by atoms with Gasteiger partial charge in [-0.05, 0) is 55.7 Å². The number of hydrogen-bond acceptors (Lipinski definition) is 3. The molecule has 0 aromatic heterocycles. The highest BCUT2D eigenvalue weighted by molar-refractivity contribution is 5.85. The zero-order valence-corrected chi connectivity index (χ0v) is 15.2. The van der Waals surface area contributed by atoms with Gasteiger partial charge in [0.05, 0.1) is 13.2 Å². The van der Waals surface area contributed by atoms with E-state index < -0.39 is 0 Å². The van der Waals surface area contributed by atoms with Gasteiger partial charge in [0.2, 0.25) is 5.91 Å². The predicted octanol–water partition coefficient (Wildman–Crippen LogP) is 3.09. The molecule has 1 saturated carbocycles. The van der Waals surface area contributed by atoms with Crippen molar-refractivity contribution in [3.8, 4) is 5.75 Å². The van der Waals surface area contributed by atoms with Gasteiger partial charge in [-0.2, -0.15) is 0 Å². The van der Waals surface area contributed by atoms with Crippen molar-refractivity contribution in [1.29, 1.82) is 0 Å². The van der Waals surface area contributed by atoms with Crippen LogP contribution in [0.1, 0.15) is 44.1 Å². The summed E-state index contributed by atoms with van der Waals surface area (Å²) < 4.78 is 5.24. The number of hydrogen-bond donors (Lipinski definition) is 2. The molecule has 1 heterocycles. The summed E-state index contributed by atoms with van der Waals surface area (Å²) >= 11 is 0. The maximum absolute atomic E-state index is 12.3. The average Bonchev–Trinajstić information content (AvgIpc) is 3.03. The Morgan fingerprint density at radius 1 is 1.33 bits per heavy atom. The summed E-state index contributed by atoms with van der Waals surface area (Å²) in [5.41, 5.74) is 1.25. The van der Waals surface area contributed by atoms with Crippen molar-refractivity contribution in [3.63, 3.8) is 0 Å². The largest absolute Gasteiger partial charge is 0.497 e. The number of nitrogens with one attached hydrogen (secondary N) is 2. The van der Waals surface area contributed by atoms with E-state index >= 15 is 0 Å². The molecule has 24 heavy (non-hydrogen) atoms. The SMILES string of the molecule is COc1cccc(CCCNC(=O)C2CC3CCCCC3N2)c1.Cl. The first kappa shape index (κ1) is 19.1. The second kappa shape index (κ2) is 9.28. The summed E-state index contributed by atoms with van der Waals surface area (Å²) in [6.07, 6.45) is 8.11. The number of fused-ring (bicyclic) bond motifs is 1. The molecule has 0 spiro atoms. The zero-order valence-electron chi connectivity index (χ0n) is 14.4. The van der Waals surface area contributed by atoms with Crippen LogP contribution in [-0.2, 0) is 11.2 Å². The van der Waals surface area contributed by atoms with Gasteiger partial charge in [-0.1, -0.05) is 25.0 Å². The number of ether oxygens (including phenoxy) is 1. The van der Waals surface area contributed by atoms with E-state index in [0.29, 0.717) is 6.04 Å². The van der Waals surface area contributed by atoms with Crippen molar-refractivity contribution in [2.75, 3.05) is 13.7 Å². The zero-order chi connectivity index (χ0) is 16.1. The Morgan fingerprint density at radius 2 is 2.17 bits per heavy atom. The fraction of sp³-hybridized carbons (Fsp3) is 0.632. The van der Waals surface area contributed by atoms with Crippen LogP contribution in [0.4, 0.5) is 0 Å². The summed E-state index contributed by atoms with van der Waals surface area (Å²) in [5.74, 6) is 1.80. The molecule has 3 unspecified atom stereocenters. The third-order valence-corrected chi connectivity index (χ3v) is 5.25. The van der Waals surface area contributed by atoms with E-state index in [0.717, 1.165) is 37.5 Å². The molecular formula is C19H29ClN2O2. The van der Waals surface area contributed by atoms with Crippen LogP contribution in [0.15, 0.2) is 24.3 Å². The highest BCUT2D eigenvalue weighted by Crippen LogP contribution is 2.33. The Hall–Kier alpha value is -1.26. The van der Waals surface area contributed by atoms with Crippen LogP contribution in [0, 0.1) is 5.92 Å². The number of benzene rings is 1. The molecular weight excluding hydrogens is 324 g/mol. The number of methoxy groups -OCH3 is 1. The van der Waals surface area contributed by atoms with Gasteiger partial charge >= 0.3 is 0 Å². The molecule has 1 aliphatic heterocycles. The van der Waals surface area contributed by atoms with Crippen LogP contribution >= 0.6 is 12.4 Å². The molecule has 0 bridgehead atoms. The Labute approximate surface area is 151 Å². The van der Waals surface area contributed by atoms with E-state index in [2.05, 4.69) is 22.8 Å². The van der Waals surface area contributed by atoms with Crippen LogP contribution in [-0.4, -0.2) is 31.6 Å². The molecule has 5 heteroatoms. The average molecular weight is 353 g/mol. The quantitative estimate of drug-likeness (QED) is 0.773. The third-order valence-electron chi connectivity index (χ3n) is 5.25. The third kappa shape index (κ3) is 4.87. The van der Waals surface area contributed by atoms with E-state index in [1.807, 2.05) is 12.1 Å². The van der Waals surface area contributed by atoms with Gasteiger partial charge < -0.3 is 15.4 Å². The van der Waals surface area contributed by atoms with Crippen LogP contribution in [0.5, 0.6) is 5.75 Å². The topological polar surface area (TPSA) is 50.4 Å². The number of carbonyl (C=O) groups excluding carboxylic acids is 1. The van der Waals surface area contributed by atoms with Gasteiger partial charge in [-0.25, -0.2) is 0 Å². The lowest BCUT2D eigenvalue weighted by Gasteiger charge is -2.24. The maximum atomic E-state index is 12.3. The lowest BCUT2D eigenvalue weighted by Crippen LogP contribution is -2.43. The molecule has 134 valence electrons. The number of amides is 1. The molecule has 1 amide bonds. The Morgan fingerprint density at radius 3 is 2.96 bits per heavy atom. The fourth-order valence-corrected chi connectivity index (χ4v) is 3.98. The van der Waals surface area contributed by atoms with Crippen molar-refractivity contribution in [1.82, 2.24) is 10.6 Å². The van der Waals surface area contributed by atoms with Crippen LogP contribution in [0.2, 0.25) is 0 Å². The lowest BCUT2D eigenvalue weighted by atomic mass is 9.85. The number of carbonyl (C=O) groups is 1. The second-order valence-corrected chi connectivity index (χ2v) is 6.85. The van der Waals surface area contributed by atoms with Crippen LogP contribution in [0.25, 0.3) is 0 Å². The van der Waals surface area contributed by atoms with E-state index in [1.165, 1.54) is 31.2 Å². The minimum absolute atomic E-state index is 0. The van der Waals surface area contributed by atoms with Gasteiger partial charge in [0.25, 0.3) is 0 Å². The maximum Gasteiger partial charge on any atom is 0.237 e. The molecule has 0 radical (unpaired) electrons. The standard InChI is InChI=1S/C19H28N2O2.ClH/c1-23-16-9-4-6-14(12-16)7-5-11-20-19(22)18-13-15-8-2-3-10-17(15)21-18;/h4,6,9,12,15,17-18,21H,2-3,5,7-8,10-11,13H2,1H3,(H,20,22);1H. The van der Waals surface area contributed by atoms with Crippen molar-refractivity contribution in [2.24, 2.45) is 5.92 Å². The summed E-state index contributed by atoms with van der Waals surface area (Å²) in [4.78, 5) is 12.3. The predicted molar refractivity (Wildman–Crippen MR) is 98.9 cm³/mol. The Bertz CT molecular complexity index is 524. The smallest absolute Gasteiger partial charge is 0.237 e. The first-order valence-electron chi connectivity index (χ1n) is 8.93.